The molecule has 0 aliphatic carbocycles. The number of halogens is 2. The van der Waals surface area contributed by atoms with Crippen LogP contribution in [0.1, 0.15) is 23.6 Å². The number of hydrogen-bond acceptors (Lipinski definition) is 1. The highest BCUT2D eigenvalue weighted by Crippen LogP contribution is 2.26. The van der Waals surface area contributed by atoms with Crippen molar-refractivity contribution in [1.29, 1.82) is 5.26 Å². The number of rotatable bonds is 4. The smallest absolute Gasteiger partial charge is 0.0992 e. The van der Waals surface area contributed by atoms with E-state index in [-0.39, 0.29) is 12.6 Å². The van der Waals surface area contributed by atoms with Gasteiger partial charge in [-0.3, -0.25) is 4.39 Å². The highest BCUT2D eigenvalue weighted by atomic mass is 79.9. The number of nitrogens with zero attached hydrogens (tertiary/aromatic N) is 1. The number of nitriles is 1. The molecule has 1 aromatic heterocycles. The van der Waals surface area contributed by atoms with Gasteiger partial charge in [-0.15, -0.1) is 0 Å². The van der Waals surface area contributed by atoms with Crippen LogP contribution >= 0.6 is 15.9 Å². The molecule has 0 saturated heterocycles. The van der Waals surface area contributed by atoms with Crippen LogP contribution in [0.4, 0.5) is 4.39 Å². The van der Waals surface area contributed by atoms with Crippen LogP contribution in [0.2, 0.25) is 0 Å². The molecule has 0 bridgehead atoms. The van der Waals surface area contributed by atoms with E-state index in [0.29, 0.717) is 12.0 Å². The fraction of sp³-hybridized carbons (Fsp3) is 0.308. The molecule has 0 spiro atoms. The summed E-state index contributed by atoms with van der Waals surface area (Å²) in [6, 6.07) is 9.65. The summed E-state index contributed by atoms with van der Waals surface area (Å²) in [5, 5.41) is 10.6. The van der Waals surface area contributed by atoms with Crippen LogP contribution in [-0.2, 0) is 0 Å². The molecule has 2 aromatic rings. The summed E-state index contributed by atoms with van der Waals surface area (Å²) < 4.78 is 12.4. The lowest BCUT2D eigenvalue weighted by molar-refractivity contribution is 0.448. The Morgan fingerprint density at radius 1 is 1.41 bits per heavy atom. The third-order valence-corrected chi connectivity index (χ3v) is 3.64. The largest absolute Gasteiger partial charge is 0.358 e. The number of H-pyrrole nitrogens is 1. The molecule has 1 unspecified atom stereocenters. The first-order valence-corrected chi connectivity index (χ1v) is 6.55. The van der Waals surface area contributed by atoms with Crippen molar-refractivity contribution in [2.24, 2.45) is 0 Å². The molecule has 1 N–H and O–H groups in total. The minimum atomic E-state index is -0.324. The Morgan fingerprint density at radius 3 is 2.88 bits per heavy atom. The first-order valence-electron chi connectivity index (χ1n) is 5.43. The summed E-state index contributed by atoms with van der Waals surface area (Å²) in [6.07, 6.45) is 0.503. The average molecular weight is 295 g/mol. The minimum Gasteiger partial charge on any atom is -0.358 e. The third-order valence-electron chi connectivity index (χ3n) is 2.86. The van der Waals surface area contributed by atoms with E-state index >= 15 is 0 Å². The van der Waals surface area contributed by atoms with Crippen molar-refractivity contribution in [2.75, 3.05) is 12.0 Å². The van der Waals surface area contributed by atoms with Crippen LogP contribution in [0, 0.1) is 11.3 Å². The Kier molecular flexibility index (Phi) is 3.80. The fourth-order valence-corrected chi connectivity index (χ4v) is 2.56. The summed E-state index contributed by atoms with van der Waals surface area (Å²) >= 11 is 3.40. The van der Waals surface area contributed by atoms with Crippen molar-refractivity contribution >= 4 is 26.8 Å². The Labute approximate surface area is 108 Å². The van der Waals surface area contributed by atoms with E-state index in [1.165, 1.54) is 0 Å². The molecular formula is C13H12BrFN2. The van der Waals surface area contributed by atoms with E-state index in [4.69, 9.17) is 5.26 Å². The van der Waals surface area contributed by atoms with Crippen molar-refractivity contribution in [3.8, 4) is 6.07 Å². The molecule has 1 atom stereocenters. The molecule has 2 rings (SSSR count). The van der Waals surface area contributed by atoms with Crippen LogP contribution in [-0.4, -0.2) is 17.0 Å². The van der Waals surface area contributed by atoms with Gasteiger partial charge in [0.2, 0.25) is 0 Å². The van der Waals surface area contributed by atoms with Gasteiger partial charge >= 0.3 is 0 Å². The minimum absolute atomic E-state index is 0.151. The molecule has 0 radical (unpaired) electrons. The number of aromatic nitrogens is 1. The van der Waals surface area contributed by atoms with Crippen molar-refractivity contribution < 1.29 is 4.39 Å². The summed E-state index contributed by atoms with van der Waals surface area (Å²) in [6.45, 7) is -0.324. The molecule has 1 aromatic carbocycles. The van der Waals surface area contributed by atoms with Gasteiger partial charge in [-0.2, -0.15) is 5.26 Å². The van der Waals surface area contributed by atoms with Gasteiger partial charge in [0.05, 0.1) is 18.3 Å². The average Bonchev–Trinajstić information content (AvgIpc) is 2.78. The summed E-state index contributed by atoms with van der Waals surface area (Å²) in [4.78, 5) is 3.26. The van der Waals surface area contributed by atoms with Crippen molar-refractivity contribution in [3.05, 3.63) is 35.5 Å². The first-order chi connectivity index (χ1) is 8.28. The van der Waals surface area contributed by atoms with E-state index in [2.05, 4.69) is 27.0 Å². The molecule has 17 heavy (non-hydrogen) atoms. The zero-order chi connectivity index (χ0) is 12.3. The molecule has 4 heteroatoms. The number of benzene rings is 1. The van der Waals surface area contributed by atoms with Gasteiger partial charge in [-0.1, -0.05) is 22.0 Å². The summed E-state index contributed by atoms with van der Waals surface area (Å²) in [5.74, 6) is 0.151. The quantitative estimate of drug-likeness (QED) is 0.854. The predicted molar refractivity (Wildman–Crippen MR) is 70.1 cm³/mol. The highest BCUT2D eigenvalue weighted by molar-refractivity contribution is 9.09. The third kappa shape index (κ3) is 2.50. The lowest BCUT2D eigenvalue weighted by Crippen LogP contribution is -2.01. The zero-order valence-electron chi connectivity index (χ0n) is 9.21. The van der Waals surface area contributed by atoms with Crippen LogP contribution in [0.15, 0.2) is 24.3 Å². The number of aromatic amines is 1. The number of alkyl halides is 2. The summed E-state index contributed by atoms with van der Waals surface area (Å²) in [5.41, 5.74) is 2.58. The van der Waals surface area contributed by atoms with Gasteiger partial charge in [-0.25, -0.2) is 0 Å². The predicted octanol–water partition coefficient (Wildman–Crippen LogP) is 3.88. The number of nitrogens with one attached hydrogen (secondary N) is 1. The highest BCUT2D eigenvalue weighted by Gasteiger charge is 2.12. The lowest BCUT2D eigenvalue weighted by atomic mass is 10.0. The van der Waals surface area contributed by atoms with Gasteiger partial charge in [0.25, 0.3) is 0 Å². The molecule has 2 nitrogen and oxygen atoms in total. The summed E-state index contributed by atoms with van der Waals surface area (Å²) in [7, 11) is 0. The normalized spacial score (nSPS) is 12.5. The second-order valence-corrected chi connectivity index (χ2v) is 4.61. The molecule has 0 fully saturated rings. The van der Waals surface area contributed by atoms with Crippen molar-refractivity contribution in [1.82, 2.24) is 4.98 Å². The Morgan fingerprint density at radius 2 is 2.24 bits per heavy atom. The Balaban J connectivity index is 2.40. The van der Waals surface area contributed by atoms with Crippen LogP contribution in [0.5, 0.6) is 0 Å². The van der Waals surface area contributed by atoms with E-state index in [9.17, 15) is 4.39 Å². The van der Waals surface area contributed by atoms with Gasteiger partial charge in [0, 0.05) is 22.5 Å². The van der Waals surface area contributed by atoms with Gasteiger partial charge in [-0.05, 0) is 30.0 Å². The lowest BCUT2D eigenvalue weighted by Gasteiger charge is -2.08. The van der Waals surface area contributed by atoms with Crippen LogP contribution in [0.3, 0.4) is 0 Å². The van der Waals surface area contributed by atoms with Gasteiger partial charge in [0.1, 0.15) is 0 Å². The monoisotopic (exact) mass is 294 g/mol. The van der Waals surface area contributed by atoms with Gasteiger partial charge < -0.3 is 4.98 Å². The van der Waals surface area contributed by atoms with E-state index < -0.39 is 0 Å². The fourth-order valence-electron chi connectivity index (χ4n) is 1.89. The molecule has 0 amide bonds. The number of fused-ring (bicyclic) bond motifs is 1. The second kappa shape index (κ2) is 5.33. The second-order valence-electron chi connectivity index (χ2n) is 3.97. The van der Waals surface area contributed by atoms with E-state index in [0.717, 1.165) is 21.9 Å². The molecular weight excluding hydrogens is 283 g/mol. The Bertz CT molecular complexity index is 556. The first kappa shape index (κ1) is 12.1. The van der Waals surface area contributed by atoms with Crippen molar-refractivity contribution in [2.45, 2.75) is 12.3 Å². The Hall–Kier alpha value is -1.34. The van der Waals surface area contributed by atoms with Crippen LogP contribution in [0.25, 0.3) is 10.9 Å². The van der Waals surface area contributed by atoms with Crippen LogP contribution < -0.4 is 0 Å². The maximum atomic E-state index is 12.4. The topological polar surface area (TPSA) is 39.6 Å². The van der Waals surface area contributed by atoms with Crippen molar-refractivity contribution in [3.63, 3.8) is 0 Å². The van der Waals surface area contributed by atoms with E-state index in [1.54, 1.807) is 6.07 Å². The van der Waals surface area contributed by atoms with E-state index in [1.807, 2.05) is 18.2 Å². The molecule has 0 saturated carbocycles. The molecule has 0 aliphatic rings. The van der Waals surface area contributed by atoms with Gasteiger partial charge in [0.15, 0.2) is 0 Å². The zero-order valence-corrected chi connectivity index (χ0v) is 10.8. The maximum absolute atomic E-state index is 12.4. The molecule has 88 valence electrons. The molecule has 1 heterocycles. The SMILES string of the molecule is N#Cc1ccc2cc(C(CBr)CCF)[nH]c2c1. The standard InChI is InChI=1S/C13H12BrFN2/c14-7-11(3-4-15)13-6-10-2-1-9(8-16)5-12(10)17-13/h1-2,5-6,11,17H,3-4,7H2. The molecule has 0 aliphatic heterocycles. The number of hydrogen-bond donors (Lipinski definition) is 1. The maximum Gasteiger partial charge on any atom is 0.0992 e.